The highest BCUT2D eigenvalue weighted by molar-refractivity contribution is 8.14. The van der Waals surface area contributed by atoms with Gasteiger partial charge in [-0.1, -0.05) is 218 Å². The average Bonchev–Trinajstić information content (AvgIpc) is 3.38. The maximum absolute atomic E-state index is 13.5. The van der Waals surface area contributed by atoms with Crippen molar-refractivity contribution in [2.24, 2.45) is 0 Å². The summed E-state index contributed by atoms with van der Waals surface area (Å²) in [6.07, 6.45) is 56.2. The predicted octanol–water partition coefficient (Wildman–Crippen LogP) is 15.4. The molecule has 0 fully saturated rings. The maximum Gasteiger partial charge on any atom is 0.219 e. The number of hydrogen-bond donors (Lipinski definition) is 4. The molecule has 8 nitrogen and oxygen atoms in total. The lowest BCUT2D eigenvalue weighted by Gasteiger charge is -2.26. The van der Waals surface area contributed by atoms with E-state index in [-0.39, 0.29) is 10.2 Å². The minimum atomic E-state index is -0.609. The van der Waals surface area contributed by atoms with E-state index in [1.54, 1.807) is 24.3 Å². The van der Waals surface area contributed by atoms with Gasteiger partial charge in [0, 0.05) is 61.9 Å². The summed E-state index contributed by atoms with van der Waals surface area (Å²) in [6, 6.07) is 6.89. The Hall–Kier alpha value is -3.06. The van der Waals surface area contributed by atoms with Gasteiger partial charge in [0.05, 0.1) is 24.4 Å². The number of benzene rings is 1. The molecule has 0 aliphatic rings. The first kappa shape index (κ1) is 69.0. The number of carbonyl (C=O) groups excluding carboxylic acids is 2. The summed E-state index contributed by atoms with van der Waals surface area (Å²) in [5.41, 5.74) is 0.908. The molecule has 4 N–H and O–H groups in total. The minimum absolute atomic E-state index is 0.134. The van der Waals surface area contributed by atoms with Crippen LogP contribution < -0.4 is 0 Å². The minimum Gasteiger partial charge on any atom is -0.391 e. The van der Waals surface area contributed by atoms with E-state index in [9.17, 15) is 30.0 Å². The molecule has 0 aliphatic heterocycles. The smallest absolute Gasteiger partial charge is 0.219 e. The lowest BCUT2D eigenvalue weighted by molar-refractivity contribution is 0.0746. The summed E-state index contributed by atoms with van der Waals surface area (Å²) in [4.78, 5) is 31.2. The van der Waals surface area contributed by atoms with E-state index < -0.39 is 24.4 Å². The van der Waals surface area contributed by atoms with Gasteiger partial charge in [0.25, 0.3) is 0 Å². The van der Waals surface area contributed by atoms with Gasteiger partial charge in [-0.25, -0.2) is 0 Å². The molecule has 10 heteroatoms. The molecule has 418 valence electrons. The van der Waals surface area contributed by atoms with Crippen LogP contribution in [0.5, 0.6) is 0 Å². The third kappa shape index (κ3) is 42.1. The Morgan fingerprint density at radius 2 is 0.689 bits per heavy atom. The van der Waals surface area contributed by atoms with Gasteiger partial charge in [-0.2, -0.15) is 0 Å². The van der Waals surface area contributed by atoms with Gasteiger partial charge in [-0.15, -0.1) is 0 Å². The van der Waals surface area contributed by atoms with Gasteiger partial charge in [-0.05, 0) is 109 Å². The second-order valence-electron chi connectivity index (χ2n) is 19.6. The molecule has 0 radical (unpaired) electrons. The van der Waals surface area contributed by atoms with Crippen LogP contribution in [-0.4, -0.2) is 116 Å². The van der Waals surface area contributed by atoms with Crippen molar-refractivity contribution in [2.45, 2.75) is 206 Å². The van der Waals surface area contributed by atoms with Crippen molar-refractivity contribution in [1.29, 1.82) is 0 Å². The fourth-order valence-corrected chi connectivity index (χ4v) is 9.75. The number of thioether (sulfide) groups is 2. The fourth-order valence-electron chi connectivity index (χ4n) is 8.10. The highest BCUT2D eigenvalue weighted by Crippen LogP contribution is 2.20. The predicted molar refractivity (Wildman–Crippen MR) is 324 cm³/mol. The largest absolute Gasteiger partial charge is 0.391 e. The summed E-state index contributed by atoms with van der Waals surface area (Å²) in [5.74, 6) is 0.933. The number of nitrogens with zero attached hydrogens (tertiary/aromatic N) is 2. The summed E-state index contributed by atoms with van der Waals surface area (Å²) in [7, 11) is 0. The van der Waals surface area contributed by atoms with E-state index in [4.69, 9.17) is 0 Å². The third-order valence-corrected chi connectivity index (χ3v) is 14.2. The topological polar surface area (TPSA) is 122 Å². The van der Waals surface area contributed by atoms with Gasteiger partial charge < -0.3 is 20.4 Å². The summed E-state index contributed by atoms with van der Waals surface area (Å²) in [5, 5.41) is 43.8. The lowest BCUT2D eigenvalue weighted by Crippen LogP contribution is -2.39. The van der Waals surface area contributed by atoms with Gasteiger partial charge in [0.2, 0.25) is 10.2 Å². The third-order valence-electron chi connectivity index (χ3n) is 12.4. The van der Waals surface area contributed by atoms with Crippen molar-refractivity contribution in [3.63, 3.8) is 0 Å². The van der Waals surface area contributed by atoms with E-state index in [0.717, 1.165) is 51.4 Å². The van der Waals surface area contributed by atoms with Crippen LogP contribution in [0.2, 0.25) is 0 Å². The van der Waals surface area contributed by atoms with Crippen LogP contribution in [0.4, 0.5) is 0 Å². The second kappa shape index (κ2) is 50.7. The normalized spacial score (nSPS) is 14.4. The molecule has 4 atom stereocenters. The molecular weight excluding hydrogens is 957 g/mol. The Morgan fingerprint density at radius 3 is 0.959 bits per heavy atom. The lowest BCUT2D eigenvalue weighted by atomic mass is 10.1. The molecule has 0 saturated heterocycles. The zero-order chi connectivity index (χ0) is 54.0. The first-order chi connectivity index (χ1) is 36.1. The highest BCUT2D eigenvalue weighted by Gasteiger charge is 2.19. The zero-order valence-electron chi connectivity index (χ0n) is 46.8. The highest BCUT2D eigenvalue weighted by atomic mass is 32.2. The number of hydrogen-bond acceptors (Lipinski definition) is 10. The molecular formula is C64H104N2O6S2. The molecule has 74 heavy (non-hydrogen) atoms. The first-order valence-electron chi connectivity index (χ1n) is 28.9. The molecule has 1 aromatic carbocycles. The molecule has 0 saturated carbocycles. The number of carbonyl (C=O) groups is 2. The SMILES string of the molecule is CCCCC/C=C\C/C=C\CC(O)CN(CCSC(=O)c1cccc(C(=O)SCCN(CC(O)C/C=C\C/C=C\CCCCC)CC(O)C/C=C\C/C=C\CCCCC)c1)CC(O)C/C=C\C/C=C\CCCCC. The van der Waals surface area contributed by atoms with Crippen molar-refractivity contribution in [2.75, 3.05) is 50.8 Å². The standard InChI is InChI=1S/C64H104N2O6S2/c1-5-9-13-17-21-25-29-33-37-44-59(67)53-65(54-60(68)45-38-34-30-26-22-18-14-10-6-2)48-50-73-63(71)57-42-41-43-58(52-57)64(72)74-51-49-66(55-61(69)46-39-35-31-27-23-19-15-11-7-3)56-62(70)47-40-36-32-28-24-20-16-12-8-4/h21-28,33-43,52,59-62,67-70H,5-20,29-32,44-51,53-56H2,1-4H3/b25-21-,26-22-,27-23-,28-24-,37-33-,38-34-,39-35-,40-36-. The van der Waals surface area contributed by atoms with E-state index in [2.05, 4.69) is 101 Å². The van der Waals surface area contributed by atoms with Crippen LogP contribution in [0.15, 0.2) is 121 Å². The van der Waals surface area contributed by atoms with Gasteiger partial charge >= 0.3 is 0 Å². The average molecular weight is 1060 g/mol. The number of rotatable bonds is 48. The summed E-state index contributed by atoms with van der Waals surface area (Å²) < 4.78 is 0. The van der Waals surface area contributed by atoms with E-state index >= 15 is 0 Å². The quantitative estimate of drug-likeness (QED) is 0.0371. The second-order valence-corrected chi connectivity index (χ2v) is 21.8. The van der Waals surface area contributed by atoms with Crippen molar-refractivity contribution in [1.82, 2.24) is 9.80 Å². The Bertz CT molecular complexity index is 1550. The molecule has 0 amide bonds. The Kier molecular flexibility index (Phi) is 47.3. The number of unbranched alkanes of at least 4 members (excludes halogenated alkanes) is 12. The van der Waals surface area contributed by atoms with Crippen molar-refractivity contribution < 1.29 is 30.0 Å². The van der Waals surface area contributed by atoms with Crippen molar-refractivity contribution in [3.8, 4) is 0 Å². The number of aliphatic hydroxyl groups excluding tert-OH is 4. The van der Waals surface area contributed by atoms with Crippen LogP contribution >= 0.6 is 23.5 Å². The van der Waals surface area contributed by atoms with Crippen LogP contribution in [0, 0.1) is 0 Å². The monoisotopic (exact) mass is 1060 g/mol. The molecule has 0 aromatic heterocycles. The molecule has 1 rings (SSSR count). The van der Waals surface area contributed by atoms with Crippen LogP contribution in [0.3, 0.4) is 0 Å². The van der Waals surface area contributed by atoms with E-state index in [1.807, 2.05) is 34.1 Å². The molecule has 1 aromatic rings. The van der Waals surface area contributed by atoms with Crippen LogP contribution in [0.25, 0.3) is 0 Å². The van der Waals surface area contributed by atoms with Gasteiger partial charge in [0.15, 0.2) is 0 Å². The Morgan fingerprint density at radius 1 is 0.419 bits per heavy atom. The van der Waals surface area contributed by atoms with Crippen LogP contribution in [-0.2, 0) is 0 Å². The Balaban J connectivity index is 2.89. The van der Waals surface area contributed by atoms with Crippen molar-refractivity contribution in [3.05, 3.63) is 133 Å². The first-order valence-corrected chi connectivity index (χ1v) is 30.9. The van der Waals surface area contributed by atoms with E-state index in [1.165, 1.54) is 101 Å². The van der Waals surface area contributed by atoms with E-state index in [0.29, 0.717) is 87.6 Å². The number of aliphatic hydroxyl groups is 4. The zero-order valence-corrected chi connectivity index (χ0v) is 48.4. The molecule has 0 heterocycles. The molecule has 0 spiro atoms. The summed E-state index contributed by atoms with van der Waals surface area (Å²) >= 11 is 2.37. The molecule has 4 unspecified atom stereocenters. The maximum atomic E-state index is 13.5. The van der Waals surface area contributed by atoms with Crippen molar-refractivity contribution >= 4 is 33.8 Å². The van der Waals surface area contributed by atoms with Gasteiger partial charge in [0.1, 0.15) is 0 Å². The van der Waals surface area contributed by atoms with Gasteiger partial charge in [-0.3, -0.25) is 19.4 Å². The molecule has 0 bridgehead atoms. The fraction of sp³-hybridized carbons (Fsp3) is 0.625. The summed E-state index contributed by atoms with van der Waals surface area (Å²) in [6.45, 7) is 11.4. The number of allylic oxidation sites excluding steroid dienone is 12. The molecule has 0 aliphatic carbocycles. The Labute approximate surface area is 460 Å². The van der Waals surface area contributed by atoms with Crippen LogP contribution in [0.1, 0.15) is 203 Å².